The second kappa shape index (κ2) is 6.72. The van der Waals surface area contributed by atoms with Crippen LogP contribution in [0.2, 0.25) is 0 Å². The molecule has 0 fully saturated rings. The zero-order valence-corrected chi connectivity index (χ0v) is 12.6. The molecule has 21 heavy (non-hydrogen) atoms. The van der Waals surface area contributed by atoms with Crippen molar-refractivity contribution in [2.45, 2.75) is 38.8 Å². The van der Waals surface area contributed by atoms with Crippen LogP contribution in [0.5, 0.6) is 5.75 Å². The highest BCUT2D eigenvalue weighted by atomic mass is 19.1. The molecule has 0 bridgehead atoms. The topological polar surface area (TPSA) is 47.3 Å². The summed E-state index contributed by atoms with van der Waals surface area (Å²) < 4.78 is 20.4. The van der Waals surface area contributed by atoms with Gasteiger partial charge in [-0.15, -0.1) is 0 Å². The Labute approximate surface area is 124 Å². The Morgan fingerprint density at radius 2 is 2.14 bits per heavy atom. The van der Waals surface area contributed by atoms with Gasteiger partial charge < -0.3 is 9.84 Å². The molecule has 2 unspecified atom stereocenters. The van der Waals surface area contributed by atoms with E-state index in [9.17, 15) is 9.50 Å². The maximum atomic E-state index is 13.6. The molecule has 114 valence electrons. The number of methoxy groups -OCH3 is 1. The predicted octanol–water partition coefficient (Wildman–Crippen LogP) is 3.28. The first-order chi connectivity index (χ1) is 10.0. The Hall–Kier alpha value is -1.88. The average Bonchev–Trinajstić information content (AvgIpc) is 2.94. The molecular weight excluding hydrogens is 271 g/mol. The number of hydrogen-bond donors (Lipinski definition) is 1. The fourth-order valence-electron chi connectivity index (χ4n) is 2.12. The first kappa shape index (κ1) is 15.5. The van der Waals surface area contributed by atoms with Crippen LogP contribution in [-0.4, -0.2) is 22.0 Å². The fraction of sp³-hybridized carbons (Fsp3) is 0.438. The highest BCUT2D eigenvalue weighted by Crippen LogP contribution is 2.24. The van der Waals surface area contributed by atoms with Crippen LogP contribution in [0.25, 0.3) is 0 Å². The van der Waals surface area contributed by atoms with E-state index in [1.54, 1.807) is 6.07 Å². The number of nitrogens with zero attached hydrogens (tertiary/aromatic N) is 2. The molecule has 5 heteroatoms. The highest BCUT2D eigenvalue weighted by Gasteiger charge is 2.14. The van der Waals surface area contributed by atoms with E-state index in [4.69, 9.17) is 4.74 Å². The van der Waals surface area contributed by atoms with E-state index in [1.165, 1.54) is 19.2 Å². The van der Waals surface area contributed by atoms with E-state index < -0.39 is 11.9 Å². The lowest BCUT2D eigenvalue weighted by atomic mass is 10.0. The lowest BCUT2D eigenvalue weighted by Gasteiger charge is -2.11. The molecule has 1 N–H and O–H groups in total. The van der Waals surface area contributed by atoms with Gasteiger partial charge in [0.25, 0.3) is 0 Å². The zero-order valence-electron chi connectivity index (χ0n) is 12.6. The van der Waals surface area contributed by atoms with Gasteiger partial charge in [-0.25, -0.2) is 4.39 Å². The lowest BCUT2D eigenvalue weighted by Crippen LogP contribution is -2.07. The fourth-order valence-corrected chi connectivity index (χ4v) is 2.12. The minimum atomic E-state index is -0.786. The van der Waals surface area contributed by atoms with Crippen molar-refractivity contribution >= 4 is 0 Å². The maximum Gasteiger partial charge on any atom is 0.165 e. The first-order valence-corrected chi connectivity index (χ1v) is 7.10. The Bertz CT molecular complexity index is 598. The van der Waals surface area contributed by atoms with Crippen molar-refractivity contribution in [1.82, 2.24) is 9.78 Å². The predicted molar refractivity (Wildman–Crippen MR) is 78.8 cm³/mol. The number of aromatic nitrogens is 2. The van der Waals surface area contributed by atoms with E-state index in [-0.39, 0.29) is 5.75 Å². The van der Waals surface area contributed by atoms with Crippen molar-refractivity contribution in [3.05, 3.63) is 47.5 Å². The average molecular weight is 292 g/mol. The minimum Gasteiger partial charge on any atom is -0.494 e. The van der Waals surface area contributed by atoms with Gasteiger partial charge >= 0.3 is 0 Å². The molecule has 2 aromatic rings. The SMILES string of the molecule is CCC(C)n1ccc(CC(O)c2ccc(OC)c(F)c2)n1. The van der Waals surface area contributed by atoms with Gasteiger partial charge in [0.15, 0.2) is 11.6 Å². The maximum absolute atomic E-state index is 13.6. The number of hydrogen-bond acceptors (Lipinski definition) is 3. The number of halogens is 1. The van der Waals surface area contributed by atoms with Gasteiger partial charge in [0.05, 0.1) is 18.9 Å². The number of aliphatic hydroxyl groups is 1. The smallest absolute Gasteiger partial charge is 0.165 e. The van der Waals surface area contributed by atoms with Crippen molar-refractivity contribution in [3.8, 4) is 5.75 Å². The Balaban J connectivity index is 2.08. The molecule has 1 aromatic carbocycles. The first-order valence-electron chi connectivity index (χ1n) is 7.10. The minimum absolute atomic E-state index is 0.173. The van der Waals surface area contributed by atoms with Crippen LogP contribution in [0, 0.1) is 5.82 Å². The van der Waals surface area contributed by atoms with Crippen LogP contribution >= 0.6 is 0 Å². The van der Waals surface area contributed by atoms with E-state index in [0.29, 0.717) is 18.0 Å². The summed E-state index contributed by atoms with van der Waals surface area (Å²) in [5.74, 6) is -0.300. The third kappa shape index (κ3) is 3.61. The number of benzene rings is 1. The van der Waals surface area contributed by atoms with Gasteiger partial charge in [-0.2, -0.15) is 5.10 Å². The van der Waals surface area contributed by atoms with Crippen LogP contribution in [0.3, 0.4) is 0 Å². The number of ether oxygens (including phenoxy) is 1. The second-order valence-corrected chi connectivity index (χ2v) is 5.16. The summed E-state index contributed by atoms with van der Waals surface area (Å²) in [5.41, 5.74) is 1.31. The summed E-state index contributed by atoms with van der Waals surface area (Å²) in [7, 11) is 1.41. The summed E-state index contributed by atoms with van der Waals surface area (Å²) >= 11 is 0. The van der Waals surface area contributed by atoms with Gasteiger partial charge in [-0.05, 0) is 37.1 Å². The molecule has 0 amide bonds. The lowest BCUT2D eigenvalue weighted by molar-refractivity contribution is 0.176. The third-order valence-corrected chi connectivity index (χ3v) is 3.67. The van der Waals surface area contributed by atoms with Gasteiger partial charge in [0.2, 0.25) is 0 Å². The van der Waals surface area contributed by atoms with Gasteiger partial charge in [-0.1, -0.05) is 13.0 Å². The number of rotatable bonds is 6. The van der Waals surface area contributed by atoms with Gasteiger partial charge in [0.1, 0.15) is 0 Å². The second-order valence-electron chi connectivity index (χ2n) is 5.16. The molecule has 0 saturated carbocycles. The van der Waals surface area contributed by atoms with Crippen molar-refractivity contribution < 1.29 is 14.2 Å². The largest absolute Gasteiger partial charge is 0.494 e. The summed E-state index contributed by atoms with van der Waals surface area (Å²) in [6.45, 7) is 4.19. The third-order valence-electron chi connectivity index (χ3n) is 3.67. The standard InChI is InChI=1S/C16H21FN2O2/c1-4-11(2)19-8-7-13(18-19)10-15(20)12-5-6-16(21-3)14(17)9-12/h5-9,11,15,20H,4,10H2,1-3H3. The highest BCUT2D eigenvalue weighted by molar-refractivity contribution is 5.30. The molecule has 4 nitrogen and oxygen atoms in total. The molecule has 0 aliphatic rings. The molecule has 0 aliphatic heterocycles. The van der Waals surface area contributed by atoms with E-state index >= 15 is 0 Å². The van der Waals surface area contributed by atoms with E-state index in [1.807, 2.05) is 16.9 Å². The normalized spacial score (nSPS) is 14.0. The quantitative estimate of drug-likeness (QED) is 0.889. The van der Waals surface area contributed by atoms with Crippen LogP contribution < -0.4 is 4.74 Å². The number of aliphatic hydroxyl groups excluding tert-OH is 1. The van der Waals surface area contributed by atoms with Gasteiger partial charge in [0, 0.05) is 18.7 Å². The Morgan fingerprint density at radius 1 is 1.38 bits per heavy atom. The zero-order chi connectivity index (χ0) is 15.4. The molecule has 0 saturated heterocycles. The van der Waals surface area contributed by atoms with Crippen LogP contribution in [-0.2, 0) is 6.42 Å². The molecule has 2 rings (SSSR count). The molecular formula is C16H21FN2O2. The van der Waals surface area contributed by atoms with Crippen molar-refractivity contribution in [2.24, 2.45) is 0 Å². The van der Waals surface area contributed by atoms with E-state index in [0.717, 1.165) is 12.1 Å². The Kier molecular flexibility index (Phi) is 4.96. The van der Waals surface area contributed by atoms with Crippen LogP contribution in [0.4, 0.5) is 4.39 Å². The summed E-state index contributed by atoms with van der Waals surface area (Å²) in [4.78, 5) is 0. The summed E-state index contributed by atoms with van der Waals surface area (Å²) in [5, 5.41) is 14.7. The monoisotopic (exact) mass is 292 g/mol. The van der Waals surface area contributed by atoms with Gasteiger partial charge in [-0.3, -0.25) is 4.68 Å². The van der Waals surface area contributed by atoms with E-state index in [2.05, 4.69) is 18.9 Å². The molecule has 0 radical (unpaired) electrons. The Morgan fingerprint density at radius 3 is 2.76 bits per heavy atom. The molecule has 2 atom stereocenters. The van der Waals surface area contributed by atoms with Crippen molar-refractivity contribution in [1.29, 1.82) is 0 Å². The molecule has 0 aliphatic carbocycles. The van der Waals surface area contributed by atoms with Crippen molar-refractivity contribution in [2.75, 3.05) is 7.11 Å². The summed E-state index contributed by atoms with van der Waals surface area (Å²) in [6, 6.07) is 6.70. The van der Waals surface area contributed by atoms with Crippen LogP contribution in [0.1, 0.15) is 43.7 Å². The summed E-state index contributed by atoms with van der Waals surface area (Å²) in [6.07, 6.45) is 2.47. The molecule has 1 heterocycles. The molecule has 0 spiro atoms. The van der Waals surface area contributed by atoms with Crippen molar-refractivity contribution in [3.63, 3.8) is 0 Å². The molecule has 1 aromatic heterocycles. The van der Waals surface area contributed by atoms with Crippen LogP contribution in [0.15, 0.2) is 30.5 Å².